The van der Waals surface area contributed by atoms with E-state index >= 15 is 0 Å². The zero-order valence-electron chi connectivity index (χ0n) is 10.6. The molecule has 2 heterocycles. The van der Waals surface area contributed by atoms with Gasteiger partial charge in [-0.25, -0.2) is 4.79 Å². The lowest BCUT2D eigenvalue weighted by atomic mass is 10.1. The number of imidazole rings is 1. The van der Waals surface area contributed by atoms with E-state index in [-0.39, 0.29) is 5.69 Å². The fourth-order valence-corrected chi connectivity index (χ4v) is 3.05. The summed E-state index contributed by atoms with van der Waals surface area (Å²) < 4.78 is 0. The second-order valence-electron chi connectivity index (χ2n) is 4.46. The van der Waals surface area contributed by atoms with Crippen molar-refractivity contribution in [3.63, 3.8) is 0 Å². The third-order valence-corrected chi connectivity index (χ3v) is 4.14. The molecule has 0 aliphatic carbocycles. The summed E-state index contributed by atoms with van der Waals surface area (Å²) in [6, 6.07) is 10.4. The highest BCUT2D eigenvalue weighted by Crippen LogP contribution is 2.27. The molecule has 0 saturated heterocycles. The summed E-state index contributed by atoms with van der Waals surface area (Å²) in [5.74, 6) is 0. The first-order chi connectivity index (χ1) is 9.26. The Morgan fingerprint density at radius 2 is 2.11 bits per heavy atom. The third kappa shape index (κ3) is 2.42. The number of fused-ring (bicyclic) bond motifs is 1. The Labute approximate surface area is 114 Å². The number of benzene rings is 1. The summed E-state index contributed by atoms with van der Waals surface area (Å²) in [6.07, 6.45) is 1.02. The highest BCUT2D eigenvalue weighted by Gasteiger charge is 2.10. The van der Waals surface area contributed by atoms with Crippen molar-refractivity contribution in [1.82, 2.24) is 9.97 Å². The summed E-state index contributed by atoms with van der Waals surface area (Å²) in [5.41, 5.74) is 2.51. The molecule has 0 spiro atoms. The number of H-pyrrole nitrogens is 2. The molecule has 0 amide bonds. The Morgan fingerprint density at radius 3 is 2.84 bits per heavy atom. The van der Waals surface area contributed by atoms with Crippen molar-refractivity contribution >= 4 is 28.1 Å². The number of nitrogens with one attached hydrogen (secondary N) is 3. The second kappa shape index (κ2) is 4.93. The summed E-state index contributed by atoms with van der Waals surface area (Å²) in [7, 11) is 0. The molecule has 3 rings (SSSR count). The number of anilines is 1. The maximum absolute atomic E-state index is 11.2. The number of rotatable bonds is 4. The molecule has 3 N–H and O–H groups in total. The fourth-order valence-electron chi connectivity index (χ4n) is 2.19. The minimum atomic E-state index is -0.169. The molecule has 0 aliphatic rings. The van der Waals surface area contributed by atoms with Gasteiger partial charge in [0, 0.05) is 10.6 Å². The molecule has 98 valence electrons. The van der Waals surface area contributed by atoms with Gasteiger partial charge in [0.05, 0.1) is 17.1 Å². The molecule has 1 aromatic carbocycles. The third-order valence-electron chi connectivity index (χ3n) is 3.15. The van der Waals surface area contributed by atoms with Crippen LogP contribution in [0.4, 0.5) is 5.69 Å². The van der Waals surface area contributed by atoms with Crippen molar-refractivity contribution in [3.8, 4) is 0 Å². The van der Waals surface area contributed by atoms with Crippen LogP contribution in [0.3, 0.4) is 0 Å². The van der Waals surface area contributed by atoms with E-state index in [9.17, 15) is 4.79 Å². The molecule has 3 aromatic rings. The van der Waals surface area contributed by atoms with Crippen LogP contribution in [0.25, 0.3) is 11.0 Å². The molecule has 19 heavy (non-hydrogen) atoms. The van der Waals surface area contributed by atoms with Crippen molar-refractivity contribution in [3.05, 3.63) is 51.1 Å². The molecular formula is C14H15N3OS. The number of aromatic amines is 2. The first-order valence-electron chi connectivity index (χ1n) is 6.28. The lowest BCUT2D eigenvalue weighted by molar-refractivity contribution is 0.764. The van der Waals surface area contributed by atoms with E-state index in [0.29, 0.717) is 6.04 Å². The van der Waals surface area contributed by atoms with E-state index in [2.05, 4.69) is 39.7 Å². The van der Waals surface area contributed by atoms with E-state index in [1.807, 2.05) is 18.2 Å². The first kappa shape index (κ1) is 12.0. The van der Waals surface area contributed by atoms with Crippen LogP contribution < -0.4 is 11.0 Å². The van der Waals surface area contributed by atoms with E-state index in [4.69, 9.17) is 0 Å². The van der Waals surface area contributed by atoms with Crippen molar-refractivity contribution in [2.75, 3.05) is 5.32 Å². The van der Waals surface area contributed by atoms with E-state index in [1.54, 1.807) is 11.3 Å². The Hall–Kier alpha value is -2.01. The van der Waals surface area contributed by atoms with Crippen LogP contribution in [0.1, 0.15) is 24.3 Å². The summed E-state index contributed by atoms with van der Waals surface area (Å²) in [6.45, 7) is 2.16. The van der Waals surface area contributed by atoms with Gasteiger partial charge in [0.25, 0.3) is 0 Å². The predicted octanol–water partition coefficient (Wildman–Crippen LogP) is 3.48. The van der Waals surface area contributed by atoms with Crippen LogP contribution in [0.5, 0.6) is 0 Å². The monoisotopic (exact) mass is 273 g/mol. The van der Waals surface area contributed by atoms with Gasteiger partial charge in [-0.05, 0) is 36.1 Å². The average Bonchev–Trinajstić information content (AvgIpc) is 3.03. The van der Waals surface area contributed by atoms with Crippen molar-refractivity contribution in [2.24, 2.45) is 0 Å². The van der Waals surface area contributed by atoms with Gasteiger partial charge in [0.1, 0.15) is 0 Å². The Kier molecular flexibility index (Phi) is 3.13. The zero-order chi connectivity index (χ0) is 13.2. The number of hydrogen-bond acceptors (Lipinski definition) is 3. The van der Waals surface area contributed by atoms with Crippen molar-refractivity contribution in [2.45, 2.75) is 19.4 Å². The highest BCUT2D eigenvalue weighted by atomic mass is 32.1. The summed E-state index contributed by atoms with van der Waals surface area (Å²) >= 11 is 1.76. The molecule has 0 radical (unpaired) electrons. The van der Waals surface area contributed by atoms with Crippen LogP contribution in [0, 0.1) is 0 Å². The maximum Gasteiger partial charge on any atom is 0.323 e. The fraction of sp³-hybridized carbons (Fsp3) is 0.214. The van der Waals surface area contributed by atoms with E-state index in [1.165, 1.54) is 4.88 Å². The average molecular weight is 273 g/mol. The molecule has 0 saturated carbocycles. The molecule has 2 aromatic heterocycles. The van der Waals surface area contributed by atoms with Crippen LogP contribution >= 0.6 is 11.3 Å². The molecule has 0 aliphatic heterocycles. The molecule has 0 fully saturated rings. The standard InChI is InChI=1S/C14H15N3OS/c1-2-10(13-4-3-7-19-13)15-9-5-6-11-12(8-9)17-14(18)16-11/h3-8,10,15H,2H2,1H3,(H2,16,17,18). The molecular weight excluding hydrogens is 258 g/mol. The lowest BCUT2D eigenvalue weighted by Crippen LogP contribution is -2.07. The zero-order valence-corrected chi connectivity index (χ0v) is 11.4. The normalized spacial score (nSPS) is 12.7. The Bertz CT molecular complexity index is 727. The highest BCUT2D eigenvalue weighted by molar-refractivity contribution is 7.10. The Morgan fingerprint density at radius 1 is 1.26 bits per heavy atom. The SMILES string of the molecule is CCC(Nc1ccc2[nH]c(=O)[nH]c2c1)c1cccs1. The summed E-state index contributed by atoms with van der Waals surface area (Å²) in [5, 5.41) is 5.60. The molecule has 5 heteroatoms. The van der Waals surface area contributed by atoms with Gasteiger partial charge >= 0.3 is 5.69 Å². The lowest BCUT2D eigenvalue weighted by Gasteiger charge is -2.16. The molecule has 0 bridgehead atoms. The van der Waals surface area contributed by atoms with Gasteiger partial charge in [-0.15, -0.1) is 11.3 Å². The minimum Gasteiger partial charge on any atom is -0.377 e. The number of aromatic nitrogens is 2. The van der Waals surface area contributed by atoms with Crippen LogP contribution in [-0.4, -0.2) is 9.97 Å². The first-order valence-corrected chi connectivity index (χ1v) is 7.16. The number of thiophene rings is 1. The van der Waals surface area contributed by atoms with Crippen LogP contribution in [0.2, 0.25) is 0 Å². The second-order valence-corrected chi connectivity index (χ2v) is 5.44. The quantitative estimate of drug-likeness (QED) is 0.681. The van der Waals surface area contributed by atoms with Gasteiger partial charge in [-0.2, -0.15) is 0 Å². The molecule has 4 nitrogen and oxygen atoms in total. The maximum atomic E-state index is 11.2. The largest absolute Gasteiger partial charge is 0.377 e. The molecule has 1 unspecified atom stereocenters. The van der Waals surface area contributed by atoms with E-state index < -0.39 is 0 Å². The van der Waals surface area contributed by atoms with Crippen LogP contribution in [-0.2, 0) is 0 Å². The topological polar surface area (TPSA) is 60.7 Å². The van der Waals surface area contributed by atoms with Gasteiger partial charge < -0.3 is 15.3 Å². The number of hydrogen-bond donors (Lipinski definition) is 3. The predicted molar refractivity (Wildman–Crippen MR) is 79.9 cm³/mol. The van der Waals surface area contributed by atoms with Gasteiger partial charge in [-0.3, -0.25) is 0 Å². The van der Waals surface area contributed by atoms with Gasteiger partial charge in [0.2, 0.25) is 0 Å². The van der Waals surface area contributed by atoms with Crippen LogP contribution in [0.15, 0.2) is 40.5 Å². The van der Waals surface area contributed by atoms with Gasteiger partial charge in [-0.1, -0.05) is 13.0 Å². The smallest absolute Gasteiger partial charge is 0.323 e. The summed E-state index contributed by atoms with van der Waals surface area (Å²) in [4.78, 5) is 18.1. The van der Waals surface area contributed by atoms with Crippen molar-refractivity contribution in [1.29, 1.82) is 0 Å². The molecule has 1 atom stereocenters. The van der Waals surface area contributed by atoms with Gasteiger partial charge in [0.15, 0.2) is 0 Å². The van der Waals surface area contributed by atoms with E-state index in [0.717, 1.165) is 23.1 Å². The Balaban J connectivity index is 1.89. The van der Waals surface area contributed by atoms with Crippen molar-refractivity contribution < 1.29 is 0 Å². The minimum absolute atomic E-state index is 0.169.